The van der Waals surface area contributed by atoms with Crippen molar-refractivity contribution in [3.8, 4) is 0 Å². The molecule has 0 saturated carbocycles. The van der Waals surface area contributed by atoms with Crippen LogP contribution in [0.3, 0.4) is 0 Å². The van der Waals surface area contributed by atoms with E-state index in [2.05, 4.69) is 9.97 Å². The topological polar surface area (TPSA) is 63.1 Å². The molecule has 0 saturated heterocycles. The zero-order valence-corrected chi connectivity index (χ0v) is 8.40. The van der Waals surface area contributed by atoms with Crippen LogP contribution in [0.25, 0.3) is 11.0 Å². The van der Waals surface area contributed by atoms with E-state index in [1.807, 2.05) is 0 Å². The summed E-state index contributed by atoms with van der Waals surface area (Å²) in [5, 5.41) is 9.89. The number of fused-ring (bicyclic) bond motifs is 1. The predicted molar refractivity (Wildman–Crippen MR) is 55.9 cm³/mol. The highest BCUT2D eigenvalue weighted by Gasteiger charge is 2.03. The molecule has 0 aliphatic heterocycles. The summed E-state index contributed by atoms with van der Waals surface area (Å²) >= 11 is 5.77. The van der Waals surface area contributed by atoms with Crippen LogP contribution in [-0.4, -0.2) is 21.0 Å². The Morgan fingerprint density at radius 3 is 2.80 bits per heavy atom. The Balaban J connectivity index is 2.49. The molecule has 0 bridgehead atoms. The van der Waals surface area contributed by atoms with Crippen molar-refractivity contribution in [2.45, 2.75) is 6.42 Å². The number of pyridine rings is 2. The van der Waals surface area contributed by atoms with Gasteiger partial charge in [-0.3, -0.25) is 4.79 Å². The summed E-state index contributed by atoms with van der Waals surface area (Å²) in [6, 6.07) is 3.44. The molecule has 2 heterocycles. The van der Waals surface area contributed by atoms with Gasteiger partial charge >= 0.3 is 5.97 Å². The molecular formula is C10H7ClN2O2. The van der Waals surface area contributed by atoms with Gasteiger partial charge < -0.3 is 5.11 Å². The van der Waals surface area contributed by atoms with Crippen molar-refractivity contribution in [1.82, 2.24) is 9.97 Å². The third-order valence-electron chi connectivity index (χ3n) is 1.91. The monoisotopic (exact) mass is 222 g/mol. The van der Waals surface area contributed by atoms with Crippen LogP contribution in [0.2, 0.25) is 5.02 Å². The molecule has 2 aromatic rings. The van der Waals surface area contributed by atoms with Gasteiger partial charge in [-0.15, -0.1) is 0 Å². The maximum absolute atomic E-state index is 10.5. The molecule has 1 N–H and O–H groups in total. The van der Waals surface area contributed by atoms with Crippen LogP contribution in [0.4, 0.5) is 0 Å². The first-order valence-corrected chi connectivity index (χ1v) is 4.65. The van der Waals surface area contributed by atoms with Crippen LogP contribution >= 0.6 is 11.6 Å². The highest BCUT2D eigenvalue weighted by atomic mass is 35.5. The number of hydrogen-bond donors (Lipinski definition) is 1. The summed E-state index contributed by atoms with van der Waals surface area (Å²) in [6.45, 7) is 0. The van der Waals surface area contributed by atoms with Crippen molar-refractivity contribution in [1.29, 1.82) is 0 Å². The molecular weight excluding hydrogens is 216 g/mol. The van der Waals surface area contributed by atoms with Gasteiger partial charge in [0.1, 0.15) is 0 Å². The number of aliphatic carboxylic acids is 1. The van der Waals surface area contributed by atoms with Gasteiger partial charge in [-0.05, 0) is 17.7 Å². The molecule has 0 aromatic carbocycles. The number of nitrogens with zero attached hydrogens (tertiary/aromatic N) is 2. The third kappa shape index (κ3) is 2.22. The molecule has 0 aliphatic rings. The molecule has 0 radical (unpaired) electrons. The van der Waals surface area contributed by atoms with Crippen LogP contribution in [0.1, 0.15) is 5.56 Å². The van der Waals surface area contributed by atoms with Gasteiger partial charge in [0.05, 0.1) is 11.4 Å². The summed E-state index contributed by atoms with van der Waals surface area (Å²) < 4.78 is 0. The highest BCUT2D eigenvalue weighted by molar-refractivity contribution is 6.31. The summed E-state index contributed by atoms with van der Waals surface area (Å²) in [5.41, 5.74) is 1.20. The lowest BCUT2D eigenvalue weighted by Crippen LogP contribution is -2.00. The second kappa shape index (κ2) is 3.82. The van der Waals surface area contributed by atoms with Gasteiger partial charge in [0.15, 0.2) is 5.65 Å². The van der Waals surface area contributed by atoms with Gasteiger partial charge in [-0.1, -0.05) is 11.6 Å². The molecule has 2 rings (SSSR count). The first kappa shape index (κ1) is 9.86. The molecule has 0 aliphatic carbocycles. The van der Waals surface area contributed by atoms with E-state index in [4.69, 9.17) is 16.7 Å². The fraction of sp³-hybridized carbons (Fsp3) is 0.100. The molecule has 0 spiro atoms. The lowest BCUT2D eigenvalue weighted by atomic mass is 10.1. The molecule has 5 heteroatoms. The lowest BCUT2D eigenvalue weighted by Gasteiger charge is -2.00. The largest absolute Gasteiger partial charge is 0.481 e. The van der Waals surface area contributed by atoms with Gasteiger partial charge in [-0.25, -0.2) is 9.97 Å². The molecule has 4 nitrogen and oxygen atoms in total. The highest BCUT2D eigenvalue weighted by Crippen LogP contribution is 2.16. The van der Waals surface area contributed by atoms with Crippen LogP contribution in [0, 0.1) is 0 Å². The molecule has 0 atom stereocenters. The van der Waals surface area contributed by atoms with E-state index < -0.39 is 5.97 Å². The second-order valence-corrected chi connectivity index (χ2v) is 3.55. The van der Waals surface area contributed by atoms with Gasteiger partial charge in [0, 0.05) is 17.8 Å². The van der Waals surface area contributed by atoms with Crippen LogP contribution < -0.4 is 0 Å². The van der Waals surface area contributed by atoms with Crippen LogP contribution in [0.5, 0.6) is 0 Å². The van der Waals surface area contributed by atoms with Crippen molar-refractivity contribution in [2.24, 2.45) is 0 Å². The quantitative estimate of drug-likeness (QED) is 0.843. The van der Waals surface area contributed by atoms with Crippen LogP contribution in [0.15, 0.2) is 24.5 Å². The van der Waals surface area contributed by atoms with E-state index in [1.54, 1.807) is 12.1 Å². The van der Waals surface area contributed by atoms with Crippen molar-refractivity contribution < 1.29 is 9.90 Å². The Hall–Kier alpha value is -1.68. The van der Waals surface area contributed by atoms with Gasteiger partial charge in [-0.2, -0.15) is 0 Å². The lowest BCUT2D eigenvalue weighted by molar-refractivity contribution is -0.136. The minimum Gasteiger partial charge on any atom is -0.481 e. The SMILES string of the molecule is O=C(O)Cc1cnc2ncc(Cl)cc2c1. The van der Waals surface area contributed by atoms with E-state index in [0.717, 1.165) is 5.39 Å². The zero-order chi connectivity index (χ0) is 10.8. The zero-order valence-electron chi connectivity index (χ0n) is 7.64. The minimum atomic E-state index is -0.883. The summed E-state index contributed by atoms with van der Waals surface area (Å²) in [6.07, 6.45) is 2.97. The van der Waals surface area contributed by atoms with E-state index in [9.17, 15) is 4.79 Å². The first-order chi connectivity index (χ1) is 7.15. The van der Waals surface area contributed by atoms with E-state index >= 15 is 0 Å². The smallest absolute Gasteiger partial charge is 0.307 e. The number of hydrogen-bond acceptors (Lipinski definition) is 3. The second-order valence-electron chi connectivity index (χ2n) is 3.11. The third-order valence-corrected chi connectivity index (χ3v) is 2.12. The van der Waals surface area contributed by atoms with E-state index in [0.29, 0.717) is 16.2 Å². The molecule has 2 aromatic heterocycles. The number of rotatable bonds is 2. The van der Waals surface area contributed by atoms with Crippen LogP contribution in [-0.2, 0) is 11.2 Å². The summed E-state index contributed by atoms with van der Waals surface area (Å²) in [5.74, 6) is -0.883. The number of aromatic nitrogens is 2. The molecule has 0 amide bonds. The van der Waals surface area contributed by atoms with Crippen molar-refractivity contribution in [3.63, 3.8) is 0 Å². The number of carboxylic acids is 1. The van der Waals surface area contributed by atoms with E-state index in [1.165, 1.54) is 12.4 Å². The Kier molecular flexibility index (Phi) is 2.51. The Bertz CT molecular complexity index is 528. The molecule has 15 heavy (non-hydrogen) atoms. The number of halogens is 1. The Labute approximate surface area is 90.5 Å². The van der Waals surface area contributed by atoms with Crippen molar-refractivity contribution >= 4 is 28.6 Å². The maximum atomic E-state index is 10.5. The van der Waals surface area contributed by atoms with Crippen molar-refractivity contribution in [3.05, 3.63) is 35.1 Å². The standard InChI is InChI=1S/C10H7ClN2O2/c11-8-3-7-1-6(2-9(14)15)4-12-10(7)13-5-8/h1,3-5H,2H2,(H,14,15). The number of carboxylic acid groups (broad SMARTS) is 1. The maximum Gasteiger partial charge on any atom is 0.307 e. The Morgan fingerprint density at radius 2 is 2.07 bits per heavy atom. The Morgan fingerprint density at radius 1 is 1.33 bits per heavy atom. The average molecular weight is 223 g/mol. The van der Waals surface area contributed by atoms with E-state index in [-0.39, 0.29) is 6.42 Å². The van der Waals surface area contributed by atoms with Gasteiger partial charge in [0.25, 0.3) is 0 Å². The average Bonchev–Trinajstić information content (AvgIpc) is 2.16. The molecule has 76 valence electrons. The number of carbonyl (C=O) groups is 1. The fourth-order valence-electron chi connectivity index (χ4n) is 1.31. The van der Waals surface area contributed by atoms with Crippen molar-refractivity contribution in [2.75, 3.05) is 0 Å². The normalized spacial score (nSPS) is 10.5. The summed E-state index contributed by atoms with van der Waals surface area (Å²) in [4.78, 5) is 18.6. The minimum absolute atomic E-state index is 0.0462. The first-order valence-electron chi connectivity index (χ1n) is 4.27. The predicted octanol–water partition coefficient (Wildman–Crippen LogP) is 1.91. The van der Waals surface area contributed by atoms with Gasteiger partial charge in [0.2, 0.25) is 0 Å². The molecule has 0 unspecified atom stereocenters. The summed E-state index contributed by atoms with van der Waals surface area (Å²) in [7, 11) is 0. The molecule has 0 fully saturated rings. The fourth-order valence-corrected chi connectivity index (χ4v) is 1.48.